The van der Waals surface area contributed by atoms with Gasteiger partial charge in [0.15, 0.2) is 0 Å². The first-order chi connectivity index (χ1) is 12.4. The highest BCUT2D eigenvalue weighted by Gasteiger charge is 2.18. The number of sulfonamides is 1. The van der Waals surface area contributed by atoms with Crippen LogP contribution < -0.4 is 15.2 Å². The van der Waals surface area contributed by atoms with Gasteiger partial charge in [-0.05, 0) is 35.2 Å². The fourth-order valence-corrected chi connectivity index (χ4v) is 4.03. The number of rotatable bonds is 5. The maximum absolute atomic E-state index is 12.7. The Balaban J connectivity index is 1.92. The predicted molar refractivity (Wildman–Crippen MR) is 102 cm³/mol. The van der Waals surface area contributed by atoms with Crippen molar-refractivity contribution < 1.29 is 17.9 Å². The first-order valence-corrected chi connectivity index (χ1v) is 9.98. The molecule has 8 heteroatoms. The van der Waals surface area contributed by atoms with Crippen LogP contribution in [0.2, 0.25) is 0 Å². The number of benzene rings is 2. The summed E-state index contributed by atoms with van der Waals surface area (Å²) in [5.74, 6) is -0.212. The SMILES string of the molecule is COc1ccc(NC(=O)c2sccc2-c2ccccc2)cc1S(N)(=O)=O. The zero-order valence-corrected chi connectivity index (χ0v) is 15.4. The predicted octanol–water partition coefficient (Wildman–Crippen LogP) is 3.32. The molecule has 0 radical (unpaired) electrons. The van der Waals surface area contributed by atoms with Crippen molar-refractivity contribution in [3.05, 3.63) is 64.9 Å². The summed E-state index contributed by atoms with van der Waals surface area (Å²) >= 11 is 1.31. The summed E-state index contributed by atoms with van der Waals surface area (Å²) in [4.78, 5) is 13.0. The van der Waals surface area contributed by atoms with Gasteiger partial charge in [0.1, 0.15) is 10.6 Å². The van der Waals surface area contributed by atoms with E-state index in [-0.39, 0.29) is 16.6 Å². The summed E-state index contributed by atoms with van der Waals surface area (Å²) in [7, 11) is -2.64. The van der Waals surface area contributed by atoms with E-state index >= 15 is 0 Å². The van der Waals surface area contributed by atoms with Gasteiger partial charge in [0.2, 0.25) is 10.0 Å². The lowest BCUT2D eigenvalue weighted by atomic mass is 10.1. The number of amides is 1. The molecule has 0 bridgehead atoms. The summed E-state index contributed by atoms with van der Waals surface area (Å²) < 4.78 is 28.4. The van der Waals surface area contributed by atoms with Crippen LogP contribution in [0.5, 0.6) is 5.75 Å². The molecule has 2 aromatic carbocycles. The Bertz CT molecular complexity index is 1040. The molecule has 3 rings (SSSR count). The molecule has 3 N–H and O–H groups in total. The minimum Gasteiger partial charge on any atom is -0.495 e. The summed E-state index contributed by atoms with van der Waals surface area (Å²) in [6, 6.07) is 15.7. The number of carbonyl (C=O) groups excluding carboxylic acids is 1. The lowest BCUT2D eigenvalue weighted by molar-refractivity contribution is 0.103. The third-order valence-corrected chi connectivity index (χ3v) is 5.53. The van der Waals surface area contributed by atoms with Gasteiger partial charge in [-0.3, -0.25) is 4.79 Å². The van der Waals surface area contributed by atoms with E-state index in [1.807, 2.05) is 41.8 Å². The lowest BCUT2D eigenvalue weighted by Crippen LogP contribution is -2.15. The van der Waals surface area contributed by atoms with Crippen LogP contribution in [0, 0.1) is 0 Å². The molecule has 0 saturated heterocycles. The van der Waals surface area contributed by atoms with Gasteiger partial charge in [0.05, 0.1) is 12.0 Å². The van der Waals surface area contributed by atoms with Crippen LogP contribution in [0.1, 0.15) is 9.67 Å². The molecule has 26 heavy (non-hydrogen) atoms. The van der Waals surface area contributed by atoms with E-state index in [2.05, 4.69) is 5.32 Å². The van der Waals surface area contributed by atoms with E-state index in [0.717, 1.165) is 11.1 Å². The van der Waals surface area contributed by atoms with Gasteiger partial charge in [-0.1, -0.05) is 30.3 Å². The number of thiophene rings is 1. The van der Waals surface area contributed by atoms with Gasteiger partial charge in [-0.15, -0.1) is 11.3 Å². The zero-order valence-electron chi connectivity index (χ0n) is 13.8. The Morgan fingerprint density at radius 2 is 1.85 bits per heavy atom. The fraction of sp³-hybridized carbons (Fsp3) is 0.0556. The molecule has 1 aromatic heterocycles. The number of carbonyl (C=O) groups is 1. The normalized spacial score (nSPS) is 11.2. The monoisotopic (exact) mass is 388 g/mol. The van der Waals surface area contributed by atoms with E-state index in [9.17, 15) is 13.2 Å². The summed E-state index contributed by atoms with van der Waals surface area (Å²) in [5, 5.41) is 9.76. The maximum atomic E-state index is 12.7. The quantitative estimate of drug-likeness (QED) is 0.700. The van der Waals surface area contributed by atoms with Crippen molar-refractivity contribution >= 4 is 33.0 Å². The van der Waals surface area contributed by atoms with Crippen LogP contribution in [0.15, 0.2) is 64.9 Å². The topological polar surface area (TPSA) is 98.5 Å². The molecule has 0 aliphatic heterocycles. The van der Waals surface area contributed by atoms with E-state index in [0.29, 0.717) is 10.6 Å². The molecule has 1 amide bonds. The Hall–Kier alpha value is -2.68. The Morgan fingerprint density at radius 1 is 1.12 bits per heavy atom. The lowest BCUT2D eigenvalue weighted by Gasteiger charge is -2.10. The standard InChI is InChI=1S/C18H16N2O4S2/c1-24-15-8-7-13(11-16(15)26(19,22)23)20-18(21)17-14(9-10-25-17)12-5-3-2-4-6-12/h2-11H,1H3,(H,20,21)(H2,19,22,23). The van der Waals surface area contributed by atoms with Crippen LogP contribution in [0.4, 0.5) is 5.69 Å². The van der Waals surface area contributed by atoms with Crippen molar-refractivity contribution in [2.24, 2.45) is 5.14 Å². The number of ether oxygens (including phenoxy) is 1. The molecule has 0 aliphatic rings. The van der Waals surface area contributed by atoms with E-state index in [1.54, 1.807) is 6.07 Å². The molecule has 6 nitrogen and oxygen atoms in total. The number of hydrogen-bond acceptors (Lipinski definition) is 5. The number of anilines is 1. The minimum atomic E-state index is -3.98. The highest BCUT2D eigenvalue weighted by molar-refractivity contribution is 7.89. The Labute approximate surface area is 155 Å². The van der Waals surface area contributed by atoms with Crippen molar-refractivity contribution in [2.45, 2.75) is 4.90 Å². The minimum absolute atomic E-state index is 0.117. The van der Waals surface area contributed by atoms with Crippen molar-refractivity contribution in [2.75, 3.05) is 12.4 Å². The zero-order chi connectivity index (χ0) is 18.7. The highest BCUT2D eigenvalue weighted by atomic mass is 32.2. The number of methoxy groups -OCH3 is 1. The smallest absolute Gasteiger partial charge is 0.266 e. The molecular weight excluding hydrogens is 372 g/mol. The second-order valence-electron chi connectivity index (χ2n) is 5.39. The third kappa shape index (κ3) is 3.77. The van der Waals surface area contributed by atoms with Crippen LogP contribution >= 0.6 is 11.3 Å². The van der Waals surface area contributed by atoms with Crippen molar-refractivity contribution in [1.29, 1.82) is 0 Å². The van der Waals surface area contributed by atoms with Gasteiger partial charge < -0.3 is 10.1 Å². The molecule has 0 fully saturated rings. The number of nitrogens with two attached hydrogens (primary N) is 1. The first kappa shape index (κ1) is 18.1. The number of hydrogen-bond donors (Lipinski definition) is 2. The van der Waals surface area contributed by atoms with Gasteiger partial charge in [0.25, 0.3) is 5.91 Å². The van der Waals surface area contributed by atoms with E-state index < -0.39 is 10.0 Å². The largest absolute Gasteiger partial charge is 0.495 e. The van der Waals surface area contributed by atoms with Crippen molar-refractivity contribution in [3.8, 4) is 16.9 Å². The van der Waals surface area contributed by atoms with E-state index in [1.165, 1.54) is 30.6 Å². The molecule has 0 unspecified atom stereocenters. The van der Waals surface area contributed by atoms with E-state index in [4.69, 9.17) is 9.88 Å². The van der Waals surface area contributed by atoms with Gasteiger partial charge in [0, 0.05) is 11.3 Å². The molecule has 1 heterocycles. The van der Waals surface area contributed by atoms with Crippen LogP contribution in [0.25, 0.3) is 11.1 Å². The summed E-state index contributed by atoms with van der Waals surface area (Å²) in [6.45, 7) is 0. The van der Waals surface area contributed by atoms with Crippen LogP contribution in [-0.2, 0) is 10.0 Å². The van der Waals surface area contributed by atoms with Crippen molar-refractivity contribution in [3.63, 3.8) is 0 Å². The second-order valence-corrected chi connectivity index (χ2v) is 7.84. The molecular formula is C18H16N2O4S2. The maximum Gasteiger partial charge on any atom is 0.266 e. The third-order valence-electron chi connectivity index (χ3n) is 3.68. The average molecular weight is 388 g/mol. The summed E-state index contributed by atoms with van der Waals surface area (Å²) in [5.41, 5.74) is 2.05. The Kier molecular flexibility index (Phi) is 5.08. The highest BCUT2D eigenvalue weighted by Crippen LogP contribution is 2.30. The van der Waals surface area contributed by atoms with Gasteiger partial charge >= 0.3 is 0 Å². The van der Waals surface area contributed by atoms with Gasteiger partial charge in [-0.25, -0.2) is 13.6 Å². The molecule has 0 atom stereocenters. The summed E-state index contributed by atoms with van der Waals surface area (Å²) in [6.07, 6.45) is 0. The Morgan fingerprint density at radius 3 is 2.50 bits per heavy atom. The molecule has 0 spiro atoms. The number of nitrogens with one attached hydrogen (secondary N) is 1. The number of primary sulfonamides is 1. The molecule has 134 valence electrons. The van der Waals surface area contributed by atoms with Crippen molar-refractivity contribution in [1.82, 2.24) is 0 Å². The van der Waals surface area contributed by atoms with Crippen LogP contribution in [-0.4, -0.2) is 21.4 Å². The first-order valence-electron chi connectivity index (χ1n) is 7.55. The molecule has 0 saturated carbocycles. The second kappa shape index (κ2) is 7.28. The van der Waals surface area contributed by atoms with Gasteiger partial charge in [-0.2, -0.15) is 0 Å². The average Bonchev–Trinajstić information content (AvgIpc) is 3.11. The molecule has 0 aliphatic carbocycles. The molecule has 3 aromatic rings. The fourth-order valence-electron chi connectivity index (χ4n) is 2.49. The van der Waals surface area contributed by atoms with Crippen LogP contribution in [0.3, 0.4) is 0 Å².